The third-order valence-electron chi connectivity index (χ3n) is 4.34. The molecule has 2 aromatic rings. The normalized spacial score (nSPS) is 15.1. The van der Waals surface area contributed by atoms with E-state index in [2.05, 4.69) is 49.5 Å². The Morgan fingerprint density at radius 1 is 1.05 bits per heavy atom. The van der Waals surface area contributed by atoms with Crippen LogP contribution in [0.3, 0.4) is 0 Å². The van der Waals surface area contributed by atoms with Crippen LogP contribution in [-0.4, -0.2) is 6.54 Å². The Bertz CT molecular complexity index is 575. The van der Waals surface area contributed by atoms with E-state index in [9.17, 15) is 0 Å². The highest BCUT2D eigenvalue weighted by atomic mass is 14.9. The van der Waals surface area contributed by atoms with Crippen LogP contribution in [-0.2, 0) is 12.8 Å². The number of hydrogen-bond donors (Lipinski definition) is 1. The zero-order valence-corrected chi connectivity index (χ0v) is 12.0. The summed E-state index contributed by atoms with van der Waals surface area (Å²) in [6.45, 7) is 5.60. The first-order chi connectivity index (χ1) is 9.35. The number of aryl methyl sites for hydroxylation is 2. The predicted molar refractivity (Wildman–Crippen MR) is 82.7 cm³/mol. The van der Waals surface area contributed by atoms with Gasteiger partial charge in [0.2, 0.25) is 0 Å². The molecule has 0 aromatic heterocycles. The Kier molecular flexibility index (Phi) is 3.56. The molecule has 1 aliphatic rings. The van der Waals surface area contributed by atoms with Crippen LogP contribution in [0.25, 0.3) is 10.8 Å². The molecular formula is C18H23N. The Hall–Kier alpha value is -1.34. The van der Waals surface area contributed by atoms with Crippen LogP contribution in [0.2, 0.25) is 0 Å². The van der Waals surface area contributed by atoms with Gasteiger partial charge in [0.25, 0.3) is 0 Å². The highest BCUT2D eigenvalue weighted by Gasteiger charge is 2.18. The van der Waals surface area contributed by atoms with Crippen molar-refractivity contribution in [1.29, 1.82) is 0 Å². The number of benzene rings is 2. The summed E-state index contributed by atoms with van der Waals surface area (Å²) in [7, 11) is 0. The highest BCUT2D eigenvalue weighted by Crippen LogP contribution is 2.35. The number of hydrogen-bond acceptors (Lipinski definition) is 1. The summed E-state index contributed by atoms with van der Waals surface area (Å²) < 4.78 is 0. The van der Waals surface area contributed by atoms with Gasteiger partial charge in [0.15, 0.2) is 0 Å². The zero-order chi connectivity index (χ0) is 13.2. The van der Waals surface area contributed by atoms with Crippen molar-refractivity contribution in [1.82, 2.24) is 5.32 Å². The van der Waals surface area contributed by atoms with Crippen LogP contribution in [0.15, 0.2) is 30.3 Å². The molecule has 0 saturated carbocycles. The van der Waals surface area contributed by atoms with Crippen molar-refractivity contribution >= 4 is 10.8 Å². The lowest BCUT2D eigenvalue weighted by molar-refractivity contribution is 0.521. The molecule has 0 amide bonds. The maximum Gasteiger partial charge on any atom is 0.0323 e. The van der Waals surface area contributed by atoms with Crippen LogP contribution < -0.4 is 5.32 Å². The maximum atomic E-state index is 3.69. The average Bonchev–Trinajstić information content (AvgIpc) is 2.87. The summed E-state index contributed by atoms with van der Waals surface area (Å²) in [6.07, 6.45) is 4.78. The van der Waals surface area contributed by atoms with Crippen molar-refractivity contribution in [2.75, 3.05) is 6.54 Å². The van der Waals surface area contributed by atoms with Gasteiger partial charge in [0, 0.05) is 6.04 Å². The van der Waals surface area contributed by atoms with E-state index in [1.54, 1.807) is 11.1 Å². The van der Waals surface area contributed by atoms with Gasteiger partial charge in [0.05, 0.1) is 0 Å². The van der Waals surface area contributed by atoms with E-state index in [1.807, 2.05) is 0 Å². The van der Waals surface area contributed by atoms with Gasteiger partial charge in [-0.15, -0.1) is 0 Å². The monoisotopic (exact) mass is 253 g/mol. The molecule has 0 aliphatic heterocycles. The second-order valence-electron chi connectivity index (χ2n) is 5.57. The molecule has 0 spiro atoms. The van der Waals surface area contributed by atoms with E-state index < -0.39 is 0 Å². The summed E-state index contributed by atoms with van der Waals surface area (Å²) in [6, 6.07) is 12.0. The summed E-state index contributed by atoms with van der Waals surface area (Å²) in [5, 5.41) is 6.70. The molecule has 0 bridgehead atoms. The fourth-order valence-electron chi connectivity index (χ4n) is 3.37. The minimum Gasteiger partial charge on any atom is -0.310 e. The minimum absolute atomic E-state index is 0.491. The van der Waals surface area contributed by atoms with E-state index >= 15 is 0 Å². The first-order valence-electron chi connectivity index (χ1n) is 7.62. The van der Waals surface area contributed by atoms with Gasteiger partial charge >= 0.3 is 0 Å². The fraction of sp³-hybridized carbons (Fsp3) is 0.444. The van der Waals surface area contributed by atoms with Crippen molar-refractivity contribution in [3.8, 4) is 0 Å². The van der Waals surface area contributed by atoms with Gasteiger partial charge in [-0.05, 0) is 59.7 Å². The molecular weight excluding hydrogens is 230 g/mol. The lowest BCUT2D eigenvalue weighted by atomic mass is 9.94. The van der Waals surface area contributed by atoms with Crippen molar-refractivity contribution < 1.29 is 0 Å². The SMILES string of the molecule is CCCNC(CC)c1ccc2c3c(cccc13)CC2. The fourth-order valence-corrected chi connectivity index (χ4v) is 3.37. The minimum atomic E-state index is 0.491. The molecule has 19 heavy (non-hydrogen) atoms. The van der Waals surface area contributed by atoms with E-state index in [0.29, 0.717) is 6.04 Å². The van der Waals surface area contributed by atoms with Crippen LogP contribution >= 0.6 is 0 Å². The van der Waals surface area contributed by atoms with E-state index in [0.717, 1.165) is 13.0 Å². The molecule has 0 saturated heterocycles. The molecule has 1 nitrogen and oxygen atoms in total. The van der Waals surface area contributed by atoms with Crippen LogP contribution in [0.1, 0.15) is 49.4 Å². The van der Waals surface area contributed by atoms with Gasteiger partial charge in [-0.2, -0.15) is 0 Å². The summed E-state index contributed by atoms with van der Waals surface area (Å²) >= 11 is 0. The molecule has 0 fully saturated rings. The molecule has 1 atom stereocenters. The van der Waals surface area contributed by atoms with Gasteiger partial charge < -0.3 is 5.32 Å². The van der Waals surface area contributed by atoms with Gasteiger partial charge in [-0.1, -0.05) is 44.2 Å². The third-order valence-corrected chi connectivity index (χ3v) is 4.34. The number of rotatable bonds is 5. The Morgan fingerprint density at radius 3 is 2.58 bits per heavy atom. The molecule has 1 N–H and O–H groups in total. The van der Waals surface area contributed by atoms with Gasteiger partial charge in [-0.3, -0.25) is 0 Å². The summed E-state index contributed by atoms with van der Waals surface area (Å²) in [4.78, 5) is 0. The largest absolute Gasteiger partial charge is 0.310 e. The molecule has 0 heterocycles. The maximum absolute atomic E-state index is 3.69. The van der Waals surface area contributed by atoms with Crippen molar-refractivity contribution in [2.24, 2.45) is 0 Å². The Morgan fingerprint density at radius 2 is 1.84 bits per heavy atom. The summed E-state index contributed by atoms with van der Waals surface area (Å²) in [5.41, 5.74) is 4.57. The van der Waals surface area contributed by atoms with E-state index in [-0.39, 0.29) is 0 Å². The van der Waals surface area contributed by atoms with Gasteiger partial charge in [-0.25, -0.2) is 0 Å². The topological polar surface area (TPSA) is 12.0 Å². The van der Waals surface area contributed by atoms with Crippen LogP contribution in [0.4, 0.5) is 0 Å². The molecule has 1 aliphatic carbocycles. The molecule has 100 valence electrons. The smallest absolute Gasteiger partial charge is 0.0323 e. The quantitative estimate of drug-likeness (QED) is 0.833. The predicted octanol–water partition coefficient (Wildman–Crippen LogP) is 4.39. The Balaban J connectivity index is 2.09. The van der Waals surface area contributed by atoms with Gasteiger partial charge in [0.1, 0.15) is 0 Å². The molecule has 1 unspecified atom stereocenters. The summed E-state index contributed by atoms with van der Waals surface area (Å²) in [5.74, 6) is 0. The van der Waals surface area contributed by atoms with E-state index in [4.69, 9.17) is 0 Å². The molecule has 3 rings (SSSR count). The van der Waals surface area contributed by atoms with Crippen molar-refractivity contribution in [3.63, 3.8) is 0 Å². The second kappa shape index (κ2) is 5.34. The van der Waals surface area contributed by atoms with Crippen molar-refractivity contribution in [2.45, 2.75) is 45.6 Å². The lowest BCUT2D eigenvalue weighted by Gasteiger charge is -2.20. The molecule has 1 heteroatoms. The average molecular weight is 253 g/mol. The van der Waals surface area contributed by atoms with E-state index in [1.165, 1.54) is 35.6 Å². The van der Waals surface area contributed by atoms with Crippen molar-refractivity contribution in [3.05, 3.63) is 47.0 Å². The third kappa shape index (κ3) is 2.17. The Labute approximate surface area is 116 Å². The zero-order valence-electron chi connectivity index (χ0n) is 12.0. The first kappa shape index (κ1) is 12.7. The molecule has 0 radical (unpaired) electrons. The van der Waals surface area contributed by atoms with Crippen LogP contribution in [0.5, 0.6) is 0 Å². The molecule has 2 aromatic carbocycles. The second-order valence-corrected chi connectivity index (χ2v) is 5.57. The highest BCUT2D eigenvalue weighted by molar-refractivity contribution is 5.93. The lowest BCUT2D eigenvalue weighted by Crippen LogP contribution is -2.21. The van der Waals surface area contributed by atoms with Crippen LogP contribution in [0, 0.1) is 0 Å². The standard InChI is InChI=1S/C18H23N/c1-3-12-19-17(4-2)15-11-10-14-9-8-13-6-5-7-16(15)18(13)14/h5-7,10-11,17,19H,3-4,8-9,12H2,1-2H3. The number of nitrogens with one attached hydrogen (secondary N) is 1. The first-order valence-corrected chi connectivity index (χ1v) is 7.62.